The number of nitrogens with zero attached hydrogens (tertiary/aromatic N) is 2. The van der Waals surface area contributed by atoms with E-state index in [1.807, 2.05) is 35.0 Å². The highest BCUT2D eigenvalue weighted by Gasteiger charge is 2.27. The third-order valence-electron chi connectivity index (χ3n) is 6.45. The van der Waals surface area contributed by atoms with Gasteiger partial charge >= 0.3 is 5.97 Å². The summed E-state index contributed by atoms with van der Waals surface area (Å²) >= 11 is 6.55. The van der Waals surface area contributed by atoms with Gasteiger partial charge < -0.3 is 14.6 Å². The molecule has 7 heteroatoms. The first-order valence-electron chi connectivity index (χ1n) is 11.0. The smallest absolute Gasteiger partial charge is 0.306 e. The lowest BCUT2D eigenvalue weighted by Crippen LogP contribution is -2.24. The average Bonchev–Trinajstić information content (AvgIpc) is 3.41. The number of fused-ring (bicyclic) bond motifs is 1. The van der Waals surface area contributed by atoms with Crippen molar-refractivity contribution >= 4 is 17.6 Å². The Hall–Kier alpha value is -2.99. The minimum absolute atomic E-state index is 0.201. The van der Waals surface area contributed by atoms with Crippen molar-refractivity contribution in [3.05, 3.63) is 64.8 Å². The second-order valence-electron chi connectivity index (χ2n) is 8.62. The normalized spacial score (nSPS) is 19.8. The van der Waals surface area contributed by atoms with E-state index < -0.39 is 5.97 Å². The van der Waals surface area contributed by atoms with Gasteiger partial charge in [0.05, 0.1) is 11.6 Å². The zero-order valence-electron chi connectivity index (χ0n) is 17.7. The molecular formula is C25H25ClN2O4. The highest BCUT2D eigenvalue weighted by Crippen LogP contribution is 2.38. The number of halogens is 1. The van der Waals surface area contributed by atoms with Crippen LogP contribution in [0.25, 0.3) is 11.3 Å². The number of benzene rings is 2. The molecule has 6 nitrogen and oxygen atoms in total. The van der Waals surface area contributed by atoms with Gasteiger partial charge in [-0.2, -0.15) is 5.10 Å². The fraction of sp³-hybridized carbons (Fsp3) is 0.360. The predicted octanol–water partition coefficient (Wildman–Crippen LogP) is 5.41. The maximum atomic E-state index is 11.3. The number of ether oxygens (including phenoxy) is 2. The van der Waals surface area contributed by atoms with Gasteiger partial charge in [-0.3, -0.25) is 9.48 Å². The topological polar surface area (TPSA) is 73.6 Å². The molecule has 0 saturated heterocycles. The maximum absolute atomic E-state index is 11.3. The molecule has 1 aromatic heterocycles. The van der Waals surface area contributed by atoms with E-state index in [2.05, 4.69) is 18.3 Å². The molecule has 1 fully saturated rings. The van der Waals surface area contributed by atoms with Crippen molar-refractivity contribution in [2.24, 2.45) is 11.8 Å². The summed E-state index contributed by atoms with van der Waals surface area (Å²) in [5.74, 6) is 0.961. The van der Waals surface area contributed by atoms with Crippen LogP contribution < -0.4 is 9.47 Å². The first-order valence-corrected chi connectivity index (χ1v) is 11.4. The molecule has 3 aromatic rings. The number of aromatic nitrogens is 2. The van der Waals surface area contributed by atoms with Gasteiger partial charge in [-0.1, -0.05) is 41.9 Å². The van der Waals surface area contributed by atoms with Crippen LogP contribution in [-0.2, 0) is 17.8 Å². The van der Waals surface area contributed by atoms with Crippen LogP contribution in [0, 0.1) is 11.8 Å². The zero-order valence-corrected chi connectivity index (χ0v) is 18.4. The lowest BCUT2D eigenvalue weighted by molar-refractivity contribution is -0.143. The number of rotatable bonds is 6. The lowest BCUT2D eigenvalue weighted by atomic mass is 9.82. The van der Waals surface area contributed by atoms with Crippen LogP contribution in [0.3, 0.4) is 0 Å². The van der Waals surface area contributed by atoms with E-state index in [9.17, 15) is 9.90 Å². The van der Waals surface area contributed by atoms with Crippen molar-refractivity contribution in [2.45, 2.75) is 38.6 Å². The van der Waals surface area contributed by atoms with Crippen LogP contribution in [0.15, 0.2) is 48.7 Å². The van der Waals surface area contributed by atoms with Crippen molar-refractivity contribution in [3.8, 4) is 22.8 Å². The summed E-state index contributed by atoms with van der Waals surface area (Å²) in [5.41, 5.74) is 4.07. The summed E-state index contributed by atoms with van der Waals surface area (Å²) in [6.45, 7) is 1.01. The largest absolute Gasteiger partial charge is 0.481 e. The first kappa shape index (κ1) is 20.9. The fourth-order valence-corrected chi connectivity index (χ4v) is 4.90. The predicted molar refractivity (Wildman–Crippen MR) is 121 cm³/mol. The molecule has 1 aliphatic heterocycles. The SMILES string of the molecule is O=C(O)C1CCC(Cn2cc(Cc3cc4c(cc3Cl)OCO4)c(-c3ccccc3)n2)CC1. The number of hydrogen-bond acceptors (Lipinski definition) is 4. The van der Waals surface area contributed by atoms with Gasteiger partial charge in [0, 0.05) is 41.4 Å². The van der Waals surface area contributed by atoms with Crippen molar-refractivity contribution < 1.29 is 19.4 Å². The molecule has 1 saturated carbocycles. The summed E-state index contributed by atoms with van der Waals surface area (Å²) in [7, 11) is 0. The lowest BCUT2D eigenvalue weighted by Gasteiger charge is -2.25. The van der Waals surface area contributed by atoms with Crippen molar-refractivity contribution in [2.75, 3.05) is 6.79 Å². The molecule has 0 radical (unpaired) electrons. The molecule has 2 heterocycles. The molecule has 0 bridgehead atoms. The van der Waals surface area contributed by atoms with Crippen molar-refractivity contribution in [1.29, 1.82) is 0 Å². The van der Waals surface area contributed by atoms with Gasteiger partial charge in [0.1, 0.15) is 0 Å². The number of carboxylic acids is 1. The molecule has 0 unspecified atom stereocenters. The number of hydrogen-bond donors (Lipinski definition) is 1. The van der Waals surface area contributed by atoms with Gasteiger partial charge in [-0.15, -0.1) is 0 Å². The molecule has 2 aromatic carbocycles. The van der Waals surface area contributed by atoms with Gasteiger partial charge in [0.25, 0.3) is 0 Å². The standard InChI is InChI=1S/C25H25ClN2O4/c26-21-12-23-22(31-15-32-23)11-19(21)10-20-14-28(27-24(20)17-4-2-1-3-5-17)13-16-6-8-18(9-7-16)25(29)30/h1-5,11-12,14,16,18H,6-10,13,15H2,(H,29,30). The minimum Gasteiger partial charge on any atom is -0.481 e. The monoisotopic (exact) mass is 452 g/mol. The van der Waals surface area contributed by atoms with E-state index >= 15 is 0 Å². The molecule has 32 heavy (non-hydrogen) atoms. The van der Waals surface area contributed by atoms with Gasteiger partial charge in [0.2, 0.25) is 6.79 Å². The van der Waals surface area contributed by atoms with Crippen LogP contribution in [0.2, 0.25) is 5.02 Å². The Labute approximate surface area is 191 Å². The molecule has 2 aliphatic rings. The van der Waals surface area contributed by atoms with E-state index in [0.29, 0.717) is 28.9 Å². The molecule has 1 N–H and O–H groups in total. The number of carboxylic acid groups (broad SMARTS) is 1. The van der Waals surface area contributed by atoms with Gasteiger partial charge in [-0.05, 0) is 43.2 Å². The first-order chi connectivity index (χ1) is 15.6. The maximum Gasteiger partial charge on any atom is 0.306 e. The van der Waals surface area contributed by atoms with Crippen LogP contribution in [0.1, 0.15) is 36.8 Å². The van der Waals surface area contributed by atoms with E-state index in [1.165, 1.54) is 0 Å². The second kappa shape index (κ2) is 8.87. The summed E-state index contributed by atoms with van der Waals surface area (Å²) in [6, 6.07) is 13.9. The molecule has 1 aliphatic carbocycles. The van der Waals surface area contributed by atoms with Crippen LogP contribution in [0.4, 0.5) is 0 Å². The Morgan fingerprint density at radius 1 is 1.06 bits per heavy atom. The van der Waals surface area contributed by atoms with E-state index in [-0.39, 0.29) is 12.7 Å². The molecule has 0 amide bonds. The van der Waals surface area contributed by atoms with Crippen molar-refractivity contribution in [1.82, 2.24) is 9.78 Å². The van der Waals surface area contributed by atoms with Crippen LogP contribution >= 0.6 is 11.6 Å². The second-order valence-corrected chi connectivity index (χ2v) is 9.03. The van der Waals surface area contributed by atoms with Crippen molar-refractivity contribution in [3.63, 3.8) is 0 Å². The Morgan fingerprint density at radius 2 is 1.78 bits per heavy atom. The third-order valence-corrected chi connectivity index (χ3v) is 6.80. The molecule has 166 valence electrons. The Bertz CT molecular complexity index is 1120. The Kier molecular flexibility index (Phi) is 5.79. The fourth-order valence-electron chi connectivity index (χ4n) is 4.68. The van der Waals surface area contributed by atoms with Crippen LogP contribution in [-0.4, -0.2) is 27.6 Å². The number of aliphatic carboxylic acids is 1. The highest BCUT2D eigenvalue weighted by molar-refractivity contribution is 6.31. The minimum atomic E-state index is -0.670. The molecule has 5 rings (SSSR count). The van der Waals surface area contributed by atoms with E-state index in [4.69, 9.17) is 26.2 Å². The van der Waals surface area contributed by atoms with Gasteiger partial charge in [-0.25, -0.2) is 0 Å². The van der Waals surface area contributed by atoms with Gasteiger partial charge in [0.15, 0.2) is 11.5 Å². The molecule has 0 atom stereocenters. The quantitative estimate of drug-likeness (QED) is 0.541. The van der Waals surface area contributed by atoms with E-state index in [0.717, 1.165) is 54.6 Å². The average molecular weight is 453 g/mol. The summed E-state index contributed by atoms with van der Waals surface area (Å²) < 4.78 is 13.0. The van der Waals surface area contributed by atoms with E-state index in [1.54, 1.807) is 0 Å². The highest BCUT2D eigenvalue weighted by atomic mass is 35.5. The molecular weight excluding hydrogens is 428 g/mol. The Morgan fingerprint density at radius 3 is 2.50 bits per heavy atom. The zero-order chi connectivity index (χ0) is 22.1. The Balaban J connectivity index is 1.41. The summed E-state index contributed by atoms with van der Waals surface area (Å²) in [6.07, 6.45) is 6.05. The van der Waals surface area contributed by atoms with Crippen LogP contribution in [0.5, 0.6) is 11.5 Å². The summed E-state index contributed by atoms with van der Waals surface area (Å²) in [4.78, 5) is 11.3. The molecule has 0 spiro atoms. The number of carbonyl (C=O) groups is 1. The summed E-state index contributed by atoms with van der Waals surface area (Å²) in [5, 5.41) is 14.8. The third kappa shape index (κ3) is 4.32.